The molecule has 0 saturated heterocycles. The van der Waals surface area contributed by atoms with Crippen molar-refractivity contribution in [2.75, 3.05) is 37.5 Å². The number of likely N-dealkylation sites (N-methyl/N-ethyl adjacent to an activating group) is 1. The van der Waals surface area contributed by atoms with Crippen LogP contribution in [0.4, 0.5) is 5.82 Å². The molecule has 13 heteroatoms. The van der Waals surface area contributed by atoms with Crippen LogP contribution in [-0.4, -0.2) is 75.0 Å². The van der Waals surface area contributed by atoms with Crippen molar-refractivity contribution in [3.05, 3.63) is 38.9 Å². The van der Waals surface area contributed by atoms with E-state index < -0.39 is 28.7 Å². The number of carbonyl (C=O) groups is 3. The van der Waals surface area contributed by atoms with Gasteiger partial charge in [-0.3, -0.25) is 18.6 Å². The Balaban J connectivity index is 1.58. The van der Waals surface area contributed by atoms with Gasteiger partial charge in [-0.2, -0.15) is 0 Å². The Bertz CT molecular complexity index is 1050. The summed E-state index contributed by atoms with van der Waals surface area (Å²) in [5.74, 6) is -1.61. The minimum atomic E-state index is -1.08. The van der Waals surface area contributed by atoms with Gasteiger partial charge in [0.25, 0.3) is 5.91 Å². The highest BCUT2D eigenvalue weighted by Crippen LogP contribution is 2.24. The highest BCUT2D eigenvalue weighted by Gasteiger charge is 2.24. The zero-order chi connectivity index (χ0) is 24.0. The number of pyridine rings is 1. The van der Waals surface area contributed by atoms with Crippen LogP contribution >= 0.6 is 22.9 Å². The summed E-state index contributed by atoms with van der Waals surface area (Å²) in [6.45, 7) is 1.64. The number of carbonyl (C=O) groups excluding carboxylic acids is 3. The lowest BCUT2D eigenvalue weighted by Crippen LogP contribution is -2.46. The SMILES string of the molecule is CN1CCc2nc(C(=O)NC(CCS(C)=O)CNC(=O)C(=O)Nc3ccc(Cl)cn3)sc2C1. The first-order valence-electron chi connectivity index (χ1n) is 10.2. The van der Waals surface area contributed by atoms with E-state index in [4.69, 9.17) is 11.6 Å². The Hall–Kier alpha value is -2.41. The van der Waals surface area contributed by atoms with Crippen LogP contribution in [0.1, 0.15) is 26.8 Å². The summed E-state index contributed by atoms with van der Waals surface area (Å²) in [5.41, 5.74) is 0.940. The van der Waals surface area contributed by atoms with Gasteiger partial charge < -0.3 is 20.9 Å². The second kappa shape index (κ2) is 11.6. The molecule has 3 rings (SSSR count). The predicted octanol–water partition coefficient (Wildman–Crippen LogP) is 0.801. The molecule has 0 fully saturated rings. The molecule has 3 heterocycles. The Labute approximate surface area is 203 Å². The van der Waals surface area contributed by atoms with Crippen molar-refractivity contribution in [2.45, 2.75) is 25.4 Å². The monoisotopic (exact) mass is 512 g/mol. The van der Waals surface area contributed by atoms with E-state index in [9.17, 15) is 18.6 Å². The normalized spacial score (nSPS) is 15.2. The van der Waals surface area contributed by atoms with Crippen molar-refractivity contribution in [1.29, 1.82) is 0 Å². The third-order valence-electron chi connectivity index (χ3n) is 4.89. The largest absolute Gasteiger partial charge is 0.346 e. The zero-order valence-electron chi connectivity index (χ0n) is 18.2. The molecule has 3 N–H and O–H groups in total. The molecule has 0 aliphatic carbocycles. The highest BCUT2D eigenvalue weighted by atomic mass is 35.5. The molecule has 0 aromatic carbocycles. The molecule has 0 bridgehead atoms. The smallest absolute Gasteiger partial charge is 0.314 e. The standard InChI is InChI=1S/C20H25ClN6O4S2/c1-27-7-5-14-15(11-27)32-20(25-14)19(30)24-13(6-8-33(2)31)10-23-17(28)18(29)26-16-4-3-12(21)9-22-16/h3-4,9,13H,5-8,10-11H2,1-2H3,(H,23,28)(H,24,30)(H,22,26,29). The Morgan fingerprint density at radius 1 is 1.30 bits per heavy atom. The number of nitrogens with zero attached hydrogens (tertiary/aromatic N) is 3. The molecule has 178 valence electrons. The number of amides is 3. The molecule has 2 unspecified atom stereocenters. The van der Waals surface area contributed by atoms with Crippen LogP contribution in [0.25, 0.3) is 0 Å². The molecule has 0 saturated carbocycles. The number of anilines is 1. The van der Waals surface area contributed by atoms with Crippen LogP contribution in [0.5, 0.6) is 0 Å². The van der Waals surface area contributed by atoms with Gasteiger partial charge in [-0.05, 0) is 25.6 Å². The second-order valence-electron chi connectivity index (χ2n) is 7.64. The van der Waals surface area contributed by atoms with Crippen molar-refractivity contribution in [3.63, 3.8) is 0 Å². The number of hydrogen-bond donors (Lipinski definition) is 3. The third kappa shape index (κ3) is 7.56. The van der Waals surface area contributed by atoms with Gasteiger partial charge in [-0.1, -0.05) is 11.6 Å². The lowest BCUT2D eigenvalue weighted by atomic mass is 10.2. The maximum absolute atomic E-state index is 12.8. The fraction of sp³-hybridized carbons (Fsp3) is 0.450. The summed E-state index contributed by atoms with van der Waals surface area (Å²) in [5, 5.41) is 8.48. The van der Waals surface area contributed by atoms with Crippen molar-refractivity contribution < 1.29 is 18.6 Å². The quantitative estimate of drug-likeness (QED) is 0.445. The highest BCUT2D eigenvalue weighted by molar-refractivity contribution is 7.84. The first kappa shape index (κ1) is 25.2. The molecular formula is C20H25ClN6O4S2. The summed E-state index contributed by atoms with van der Waals surface area (Å²) in [7, 11) is 0.943. The third-order valence-corrected chi connectivity index (χ3v) is 7.00. The summed E-state index contributed by atoms with van der Waals surface area (Å²) < 4.78 is 11.6. The molecule has 0 radical (unpaired) electrons. The van der Waals surface area contributed by atoms with Crippen LogP contribution in [0, 0.1) is 0 Å². The van der Waals surface area contributed by atoms with Crippen molar-refractivity contribution >= 4 is 57.3 Å². The number of hydrogen-bond acceptors (Lipinski definition) is 8. The molecule has 0 spiro atoms. The van der Waals surface area contributed by atoms with E-state index in [1.807, 2.05) is 7.05 Å². The Kier molecular flexibility index (Phi) is 8.89. The fourth-order valence-electron chi connectivity index (χ4n) is 3.12. The van der Waals surface area contributed by atoms with E-state index in [0.717, 1.165) is 30.1 Å². The van der Waals surface area contributed by atoms with E-state index in [1.165, 1.54) is 29.7 Å². The van der Waals surface area contributed by atoms with Crippen molar-refractivity contribution in [1.82, 2.24) is 25.5 Å². The minimum Gasteiger partial charge on any atom is -0.346 e. The van der Waals surface area contributed by atoms with E-state index in [1.54, 1.807) is 6.26 Å². The number of halogens is 1. The van der Waals surface area contributed by atoms with Crippen molar-refractivity contribution in [2.24, 2.45) is 0 Å². The first-order chi connectivity index (χ1) is 15.7. The molecule has 10 nitrogen and oxygen atoms in total. The van der Waals surface area contributed by atoms with Gasteiger partial charge in [0.1, 0.15) is 5.82 Å². The topological polar surface area (TPSA) is 133 Å². The summed E-state index contributed by atoms with van der Waals surface area (Å²) in [6, 6.07) is 2.49. The molecule has 2 aromatic rings. The lowest BCUT2D eigenvalue weighted by molar-refractivity contribution is -0.136. The van der Waals surface area contributed by atoms with Crippen LogP contribution in [0.3, 0.4) is 0 Å². The van der Waals surface area contributed by atoms with Crippen LogP contribution < -0.4 is 16.0 Å². The van der Waals surface area contributed by atoms with E-state index in [-0.39, 0.29) is 18.3 Å². The minimum absolute atomic E-state index is 0.00291. The van der Waals surface area contributed by atoms with Crippen molar-refractivity contribution in [3.8, 4) is 0 Å². The number of aromatic nitrogens is 2. The van der Waals surface area contributed by atoms with Crippen LogP contribution in [-0.2, 0) is 33.4 Å². The maximum atomic E-state index is 12.8. The number of rotatable bonds is 8. The van der Waals surface area contributed by atoms with Gasteiger partial charge in [0, 0.05) is 66.0 Å². The van der Waals surface area contributed by atoms with Gasteiger partial charge in [0.05, 0.1) is 10.7 Å². The van der Waals surface area contributed by atoms with Gasteiger partial charge in [-0.15, -0.1) is 11.3 Å². The van der Waals surface area contributed by atoms with Crippen LogP contribution in [0.15, 0.2) is 18.3 Å². The van der Waals surface area contributed by atoms with Crippen LogP contribution in [0.2, 0.25) is 5.02 Å². The fourth-order valence-corrected chi connectivity index (χ4v) is 4.94. The maximum Gasteiger partial charge on any atom is 0.314 e. The number of nitrogens with one attached hydrogen (secondary N) is 3. The summed E-state index contributed by atoms with van der Waals surface area (Å²) >= 11 is 7.10. The van der Waals surface area contributed by atoms with E-state index >= 15 is 0 Å². The molecule has 3 amide bonds. The molecule has 33 heavy (non-hydrogen) atoms. The van der Waals surface area contributed by atoms with Gasteiger partial charge >= 0.3 is 11.8 Å². The van der Waals surface area contributed by atoms with E-state index in [0.29, 0.717) is 22.2 Å². The average molecular weight is 513 g/mol. The summed E-state index contributed by atoms with van der Waals surface area (Å²) in [6.07, 6.45) is 4.07. The Morgan fingerprint density at radius 2 is 2.09 bits per heavy atom. The predicted molar refractivity (Wildman–Crippen MR) is 128 cm³/mol. The first-order valence-corrected chi connectivity index (χ1v) is 13.1. The number of thiazole rings is 1. The zero-order valence-corrected chi connectivity index (χ0v) is 20.6. The molecular weight excluding hydrogens is 488 g/mol. The molecule has 1 aliphatic heterocycles. The molecule has 1 aliphatic rings. The molecule has 2 aromatic heterocycles. The lowest BCUT2D eigenvalue weighted by Gasteiger charge is -2.20. The van der Waals surface area contributed by atoms with Gasteiger partial charge in [0.15, 0.2) is 5.01 Å². The Morgan fingerprint density at radius 3 is 2.79 bits per heavy atom. The van der Waals surface area contributed by atoms with E-state index in [2.05, 4.69) is 30.8 Å². The molecule has 2 atom stereocenters. The van der Waals surface area contributed by atoms with Gasteiger partial charge in [-0.25, -0.2) is 9.97 Å². The second-order valence-corrected chi connectivity index (χ2v) is 10.7. The summed E-state index contributed by atoms with van der Waals surface area (Å²) in [4.78, 5) is 48.7. The van der Waals surface area contributed by atoms with Gasteiger partial charge in [0.2, 0.25) is 0 Å². The number of fused-ring (bicyclic) bond motifs is 1. The average Bonchev–Trinajstić information content (AvgIpc) is 3.20.